The monoisotopic (exact) mass is 369 g/mol. The molecule has 1 aliphatic carbocycles. The highest BCUT2D eigenvalue weighted by molar-refractivity contribution is 5.85. The number of rotatable bonds is 2. The number of aliphatic hydroxyl groups is 1. The SMILES string of the molecule is Cl.Cn1ccc(C2CCN(C(=O)[C@H]3CC[C@@H](N)[C@H](O)C3)CC2)cc1=O. The number of nitrogens with two attached hydrogens (primary N) is 1. The number of nitrogens with zero attached hydrogens (tertiary/aromatic N) is 2. The Balaban J connectivity index is 0.00000225. The maximum absolute atomic E-state index is 12.7. The molecule has 3 atom stereocenters. The van der Waals surface area contributed by atoms with Gasteiger partial charge in [0, 0.05) is 44.4 Å². The molecule has 140 valence electrons. The van der Waals surface area contributed by atoms with Crippen LogP contribution in [0, 0.1) is 5.92 Å². The molecular weight excluding hydrogens is 342 g/mol. The van der Waals surface area contributed by atoms with Gasteiger partial charge in [0.05, 0.1) is 6.10 Å². The number of aromatic nitrogens is 1. The van der Waals surface area contributed by atoms with Crippen molar-refractivity contribution in [2.24, 2.45) is 18.7 Å². The first-order valence-corrected chi connectivity index (χ1v) is 8.84. The van der Waals surface area contributed by atoms with Crippen LogP contribution in [0.2, 0.25) is 0 Å². The standard InChI is InChI=1S/C18H27N3O3.ClH/c1-20-7-4-13(11-17(20)23)12-5-8-21(9-6-12)18(24)14-2-3-15(19)16(22)10-14;/h4,7,11-12,14-16,22H,2-3,5-6,8-10,19H2,1H3;1H/t14-,15+,16+;/m0./s1. The molecule has 0 radical (unpaired) electrons. The molecule has 1 amide bonds. The van der Waals surface area contributed by atoms with Crippen LogP contribution in [0.25, 0.3) is 0 Å². The van der Waals surface area contributed by atoms with Crippen LogP contribution in [0.3, 0.4) is 0 Å². The zero-order chi connectivity index (χ0) is 17.3. The highest BCUT2D eigenvalue weighted by atomic mass is 35.5. The summed E-state index contributed by atoms with van der Waals surface area (Å²) in [5, 5.41) is 9.91. The van der Waals surface area contributed by atoms with Crippen LogP contribution >= 0.6 is 12.4 Å². The number of hydrogen-bond donors (Lipinski definition) is 2. The molecule has 0 spiro atoms. The summed E-state index contributed by atoms with van der Waals surface area (Å²) in [5.74, 6) is 0.400. The van der Waals surface area contributed by atoms with E-state index in [9.17, 15) is 14.7 Å². The van der Waals surface area contributed by atoms with Gasteiger partial charge >= 0.3 is 0 Å². The van der Waals surface area contributed by atoms with Crippen LogP contribution in [0.1, 0.15) is 43.6 Å². The number of piperidine rings is 1. The molecule has 1 saturated carbocycles. The van der Waals surface area contributed by atoms with Gasteiger partial charge in [0.1, 0.15) is 0 Å². The largest absolute Gasteiger partial charge is 0.391 e. The molecule has 1 saturated heterocycles. The molecule has 3 rings (SSSR count). The molecule has 0 bridgehead atoms. The number of amides is 1. The zero-order valence-corrected chi connectivity index (χ0v) is 15.5. The number of pyridine rings is 1. The Morgan fingerprint density at radius 2 is 1.92 bits per heavy atom. The van der Waals surface area contributed by atoms with Crippen molar-refractivity contribution in [2.75, 3.05) is 13.1 Å². The van der Waals surface area contributed by atoms with Crippen LogP contribution in [0.4, 0.5) is 0 Å². The third-order valence-corrected chi connectivity index (χ3v) is 5.62. The minimum Gasteiger partial charge on any atom is -0.391 e. The van der Waals surface area contributed by atoms with Gasteiger partial charge in [-0.05, 0) is 49.7 Å². The van der Waals surface area contributed by atoms with Gasteiger partial charge in [0.15, 0.2) is 0 Å². The number of halogens is 1. The lowest BCUT2D eigenvalue weighted by atomic mass is 9.82. The van der Waals surface area contributed by atoms with Crippen LogP contribution in [-0.4, -0.2) is 45.7 Å². The molecule has 0 unspecified atom stereocenters. The second-order valence-electron chi connectivity index (χ2n) is 7.25. The fraction of sp³-hybridized carbons (Fsp3) is 0.667. The maximum Gasteiger partial charge on any atom is 0.250 e. The van der Waals surface area contributed by atoms with Gasteiger partial charge in [0.2, 0.25) is 5.91 Å². The van der Waals surface area contributed by atoms with Gasteiger partial charge < -0.3 is 20.3 Å². The van der Waals surface area contributed by atoms with Crippen molar-refractivity contribution in [2.45, 2.75) is 50.2 Å². The number of aryl methyl sites for hydroxylation is 1. The average Bonchev–Trinajstić information content (AvgIpc) is 2.59. The van der Waals surface area contributed by atoms with Gasteiger partial charge in [-0.1, -0.05) is 0 Å². The van der Waals surface area contributed by atoms with Crippen molar-refractivity contribution in [1.29, 1.82) is 0 Å². The van der Waals surface area contributed by atoms with Crippen molar-refractivity contribution in [3.05, 3.63) is 34.2 Å². The van der Waals surface area contributed by atoms with E-state index >= 15 is 0 Å². The maximum atomic E-state index is 12.7. The van der Waals surface area contributed by atoms with Crippen molar-refractivity contribution in [3.8, 4) is 0 Å². The van der Waals surface area contributed by atoms with E-state index in [0.717, 1.165) is 37.9 Å². The quantitative estimate of drug-likeness (QED) is 0.814. The first kappa shape index (κ1) is 19.9. The molecule has 2 heterocycles. The second-order valence-corrected chi connectivity index (χ2v) is 7.25. The Kier molecular flexibility index (Phi) is 6.65. The van der Waals surface area contributed by atoms with E-state index in [1.807, 2.05) is 17.2 Å². The lowest BCUT2D eigenvalue weighted by Crippen LogP contribution is -2.47. The molecule has 0 aromatic carbocycles. The Labute approximate surface area is 154 Å². The molecule has 7 heteroatoms. The van der Waals surface area contributed by atoms with E-state index in [-0.39, 0.29) is 35.8 Å². The normalized spacial score (nSPS) is 27.6. The van der Waals surface area contributed by atoms with Crippen LogP contribution in [0.15, 0.2) is 23.1 Å². The highest BCUT2D eigenvalue weighted by Gasteiger charge is 2.34. The van der Waals surface area contributed by atoms with Crippen LogP contribution in [0.5, 0.6) is 0 Å². The second kappa shape index (κ2) is 8.34. The predicted molar refractivity (Wildman–Crippen MR) is 98.8 cm³/mol. The fourth-order valence-corrected chi connectivity index (χ4v) is 3.90. The van der Waals surface area contributed by atoms with Crippen LogP contribution in [-0.2, 0) is 11.8 Å². The summed E-state index contributed by atoms with van der Waals surface area (Å²) >= 11 is 0. The lowest BCUT2D eigenvalue weighted by molar-refractivity contribution is -0.139. The molecule has 1 aromatic rings. The summed E-state index contributed by atoms with van der Waals surface area (Å²) in [7, 11) is 1.75. The summed E-state index contributed by atoms with van der Waals surface area (Å²) in [6.07, 6.45) is 4.97. The van der Waals surface area contributed by atoms with Gasteiger partial charge in [-0.3, -0.25) is 9.59 Å². The number of aliphatic hydroxyl groups excluding tert-OH is 1. The van der Waals surface area contributed by atoms with E-state index in [2.05, 4.69) is 0 Å². The van der Waals surface area contributed by atoms with Gasteiger partial charge in [-0.25, -0.2) is 0 Å². The lowest BCUT2D eigenvalue weighted by Gasteiger charge is -2.37. The summed E-state index contributed by atoms with van der Waals surface area (Å²) in [4.78, 5) is 26.4. The molecule has 2 aliphatic rings. The van der Waals surface area contributed by atoms with E-state index in [1.54, 1.807) is 17.7 Å². The number of carbonyl (C=O) groups is 1. The van der Waals surface area contributed by atoms with Crippen molar-refractivity contribution < 1.29 is 9.90 Å². The number of hydrogen-bond acceptors (Lipinski definition) is 4. The third kappa shape index (κ3) is 4.43. The smallest absolute Gasteiger partial charge is 0.250 e. The summed E-state index contributed by atoms with van der Waals surface area (Å²) in [5.41, 5.74) is 6.91. The van der Waals surface area contributed by atoms with Crippen molar-refractivity contribution in [3.63, 3.8) is 0 Å². The minimum atomic E-state index is -0.564. The molecule has 3 N–H and O–H groups in total. The van der Waals surface area contributed by atoms with Crippen molar-refractivity contribution in [1.82, 2.24) is 9.47 Å². The topological polar surface area (TPSA) is 88.6 Å². The summed E-state index contributed by atoms with van der Waals surface area (Å²) in [6.45, 7) is 1.44. The molecule has 1 aliphatic heterocycles. The minimum absolute atomic E-state index is 0. The van der Waals surface area contributed by atoms with Crippen LogP contribution < -0.4 is 11.3 Å². The summed E-state index contributed by atoms with van der Waals surface area (Å²) in [6, 6.07) is 3.52. The Bertz CT molecular complexity index is 655. The van der Waals surface area contributed by atoms with E-state index < -0.39 is 6.10 Å². The predicted octanol–water partition coefficient (Wildman–Crippen LogP) is 1.00. The Hall–Kier alpha value is -1.37. The van der Waals surface area contributed by atoms with Gasteiger partial charge in [-0.2, -0.15) is 0 Å². The first-order valence-electron chi connectivity index (χ1n) is 8.84. The highest BCUT2D eigenvalue weighted by Crippen LogP contribution is 2.30. The molecular formula is C18H28ClN3O3. The first-order chi connectivity index (χ1) is 11.5. The zero-order valence-electron chi connectivity index (χ0n) is 14.6. The number of carbonyl (C=O) groups excluding carboxylic acids is 1. The summed E-state index contributed by atoms with van der Waals surface area (Å²) < 4.78 is 1.57. The molecule has 25 heavy (non-hydrogen) atoms. The third-order valence-electron chi connectivity index (χ3n) is 5.62. The molecule has 6 nitrogen and oxygen atoms in total. The molecule has 1 aromatic heterocycles. The van der Waals surface area contributed by atoms with Gasteiger partial charge in [-0.15, -0.1) is 12.4 Å². The Morgan fingerprint density at radius 1 is 1.24 bits per heavy atom. The van der Waals surface area contributed by atoms with E-state index in [1.165, 1.54) is 0 Å². The van der Waals surface area contributed by atoms with E-state index in [4.69, 9.17) is 5.73 Å². The average molecular weight is 370 g/mol. The van der Waals surface area contributed by atoms with Gasteiger partial charge in [0.25, 0.3) is 5.56 Å². The Morgan fingerprint density at radius 3 is 2.52 bits per heavy atom. The van der Waals surface area contributed by atoms with Crippen molar-refractivity contribution >= 4 is 18.3 Å². The molecule has 2 fully saturated rings. The fourth-order valence-electron chi connectivity index (χ4n) is 3.90. The van der Waals surface area contributed by atoms with E-state index in [0.29, 0.717) is 18.8 Å². The number of likely N-dealkylation sites (tertiary alicyclic amines) is 1.